The molecule has 1 heterocycles. The highest BCUT2D eigenvalue weighted by molar-refractivity contribution is 5.69. The molecule has 1 unspecified atom stereocenters. The van der Waals surface area contributed by atoms with Crippen LogP contribution in [0.3, 0.4) is 0 Å². The normalized spacial score (nSPS) is 18.4. The van der Waals surface area contributed by atoms with Crippen LogP contribution in [0.5, 0.6) is 0 Å². The second-order valence-corrected chi connectivity index (χ2v) is 6.90. The number of likely N-dealkylation sites (tertiary alicyclic amines) is 1. The third kappa shape index (κ3) is 4.65. The Hall–Kier alpha value is -1.71. The molecular weight excluding hydrogens is 276 g/mol. The molecule has 1 N–H and O–H groups in total. The van der Waals surface area contributed by atoms with Crippen molar-refractivity contribution in [3.05, 3.63) is 29.8 Å². The molecule has 1 atom stereocenters. The van der Waals surface area contributed by atoms with Gasteiger partial charge in [0.15, 0.2) is 0 Å². The van der Waals surface area contributed by atoms with Gasteiger partial charge >= 0.3 is 6.09 Å². The van der Waals surface area contributed by atoms with E-state index in [9.17, 15) is 4.79 Å². The lowest BCUT2D eigenvalue weighted by atomic mass is 10.1. The number of rotatable bonds is 4. The molecule has 1 amide bonds. The zero-order valence-electron chi connectivity index (χ0n) is 14.2. The number of hydrogen-bond acceptors (Lipinski definition) is 3. The van der Waals surface area contributed by atoms with E-state index >= 15 is 0 Å². The largest absolute Gasteiger partial charge is 0.444 e. The zero-order valence-corrected chi connectivity index (χ0v) is 14.2. The van der Waals surface area contributed by atoms with Crippen molar-refractivity contribution in [2.75, 3.05) is 18.4 Å². The number of carbonyl (C=O) groups is 1. The minimum absolute atomic E-state index is 0.195. The van der Waals surface area contributed by atoms with Gasteiger partial charge in [-0.2, -0.15) is 0 Å². The smallest absolute Gasteiger partial charge is 0.410 e. The van der Waals surface area contributed by atoms with E-state index in [1.54, 1.807) is 0 Å². The predicted octanol–water partition coefficient (Wildman–Crippen LogP) is 4.06. The molecule has 1 saturated heterocycles. The SMILES string of the molecule is CCc1cccc(NCC2CCCN2C(=O)OC(C)(C)C)c1. The summed E-state index contributed by atoms with van der Waals surface area (Å²) in [4.78, 5) is 14.1. The van der Waals surface area contributed by atoms with Gasteiger partial charge in [-0.3, -0.25) is 0 Å². The topological polar surface area (TPSA) is 41.6 Å². The number of ether oxygens (including phenoxy) is 1. The molecule has 0 aromatic heterocycles. The van der Waals surface area contributed by atoms with Gasteiger partial charge in [0.2, 0.25) is 0 Å². The minimum atomic E-state index is -0.437. The fraction of sp³-hybridized carbons (Fsp3) is 0.611. The lowest BCUT2D eigenvalue weighted by Crippen LogP contribution is -2.42. The monoisotopic (exact) mass is 304 g/mol. The standard InChI is InChI=1S/C18H28N2O2/c1-5-14-8-6-9-15(12-14)19-13-16-10-7-11-20(16)17(21)22-18(2,3)4/h6,8-9,12,16,19H,5,7,10-11,13H2,1-4H3. The van der Waals surface area contributed by atoms with E-state index in [-0.39, 0.29) is 12.1 Å². The van der Waals surface area contributed by atoms with Crippen LogP contribution in [-0.4, -0.2) is 35.7 Å². The van der Waals surface area contributed by atoms with Crippen molar-refractivity contribution < 1.29 is 9.53 Å². The number of carbonyl (C=O) groups excluding carboxylic acids is 1. The highest BCUT2D eigenvalue weighted by Crippen LogP contribution is 2.21. The zero-order chi connectivity index (χ0) is 16.2. The Kier molecular flexibility index (Phi) is 5.33. The van der Waals surface area contributed by atoms with E-state index in [1.807, 2.05) is 25.7 Å². The Morgan fingerprint density at radius 1 is 1.41 bits per heavy atom. The second-order valence-electron chi connectivity index (χ2n) is 6.90. The first-order chi connectivity index (χ1) is 10.4. The molecular formula is C18H28N2O2. The van der Waals surface area contributed by atoms with Gasteiger partial charge in [-0.15, -0.1) is 0 Å². The number of nitrogens with one attached hydrogen (secondary N) is 1. The third-order valence-electron chi connectivity index (χ3n) is 3.88. The molecule has 0 saturated carbocycles. The quantitative estimate of drug-likeness (QED) is 0.912. The van der Waals surface area contributed by atoms with Crippen LogP contribution in [-0.2, 0) is 11.2 Å². The van der Waals surface area contributed by atoms with E-state index < -0.39 is 5.60 Å². The summed E-state index contributed by atoms with van der Waals surface area (Å²) < 4.78 is 5.50. The number of anilines is 1. The fourth-order valence-corrected chi connectivity index (χ4v) is 2.75. The maximum absolute atomic E-state index is 12.3. The molecule has 0 radical (unpaired) electrons. The van der Waals surface area contributed by atoms with Crippen LogP contribution in [0.4, 0.5) is 10.5 Å². The van der Waals surface area contributed by atoms with Crippen molar-refractivity contribution in [1.29, 1.82) is 0 Å². The third-order valence-corrected chi connectivity index (χ3v) is 3.88. The molecule has 0 spiro atoms. The lowest BCUT2D eigenvalue weighted by Gasteiger charge is -2.29. The molecule has 1 aromatic rings. The Bertz CT molecular complexity index is 508. The van der Waals surface area contributed by atoms with Crippen molar-refractivity contribution in [1.82, 2.24) is 4.90 Å². The lowest BCUT2D eigenvalue weighted by molar-refractivity contribution is 0.0235. The Morgan fingerprint density at radius 2 is 2.18 bits per heavy atom. The van der Waals surface area contributed by atoms with E-state index in [1.165, 1.54) is 5.56 Å². The van der Waals surface area contributed by atoms with Gasteiger partial charge in [0.05, 0.1) is 6.04 Å². The van der Waals surface area contributed by atoms with Gasteiger partial charge in [0.25, 0.3) is 0 Å². The maximum Gasteiger partial charge on any atom is 0.410 e. The molecule has 1 aromatic carbocycles. The van der Waals surface area contributed by atoms with E-state index in [4.69, 9.17) is 4.74 Å². The van der Waals surface area contributed by atoms with Gasteiger partial charge in [0, 0.05) is 18.8 Å². The number of aryl methyl sites for hydroxylation is 1. The number of amides is 1. The van der Waals surface area contributed by atoms with Crippen LogP contribution < -0.4 is 5.32 Å². The minimum Gasteiger partial charge on any atom is -0.444 e. The molecule has 4 nitrogen and oxygen atoms in total. The van der Waals surface area contributed by atoms with E-state index in [0.29, 0.717) is 0 Å². The molecule has 1 fully saturated rings. The first kappa shape index (κ1) is 16.7. The van der Waals surface area contributed by atoms with Gasteiger partial charge in [0.1, 0.15) is 5.60 Å². The summed E-state index contributed by atoms with van der Waals surface area (Å²) in [5, 5.41) is 3.46. The van der Waals surface area contributed by atoms with Crippen molar-refractivity contribution >= 4 is 11.8 Å². The van der Waals surface area contributed by atoms with Crippen molar-refractivity contribution in [3.63, 3.8) is 0 Å². The van der Waals surface area contributed by atoms with E-state index in [2.05, 4.69) is 36.5 Å². The summed E-state index contributed by atoms with van der Waals surface area (Å²) in [7, 11) is 0. The summed E-state index contributed by atoms with van der Waals surface area (Å²) in [5.74, 6) is 0. The van der Waals surface area contributed by atoms with Crippen LogP contribution in [0.15, 0.2) is 24.3 Å². The van der Waals surface area contributed by atoms with E-state index in [0.717, 1.165) is 38.0 Å². The van der Waals surface area contributed by atoms with Gasteiger partial charge in [-0.05, 0) is 57.7 Å². The molecule has 0 bridgehead atoms. The summed E-state index contributed by atoms with van der Waals surface area (Å²) in [6.07, 6.45) is 2.91. The molecule has 2 rings (SSSR count). The highest BCUT2D eigenvalue weighted by Gasteiger charge is 2.31. The van der Waals surface area contributed by atoms with Crippen LogP contribution >= 0.6 is 0 Å². The predicted molar refractivity (Wildman–Crippen MR) is 90.3 cm³/mol. The first-order valence-corrected chi connectivity index (χ1v) is 8.21. The fourth-order valence-electron chi connectivity index (χ4n) is 2.75. The van der Waals surface area contributed by atoms with Crippen molar-refractivity contribution in [3.8, 4) is 0 Å². The summed E-state index contributed by atoms with van der Waals surface area (Å²) in [5.41, 5.74) is 2.00. The van der Waals surface area contributed by atoms with Crippen molar-refractivity contribution in [2.24, 2.45) is 0 Å². The average Bonchev–Trinajstić information content (AvgIpc) is 2.92. The number of nitrogens with zero attached hydrogens (tertiary/aromatic N) is 1. The van der Waals surface area contributed by atoms with Crippen molar-refractivity contribution in [2.45, 2.75) is 58.6 Å². The van der Waals surface area contributed by atoms with Crippen LogP contribution in [0, 0.1) is 0 Å². The summed E-state index contributed by atoms with van der Waals surface area (Å²) in [6, 6.07) is 8.66. The van der Waals surface area contributed by atoms with Gasteiger partial charge in [-0.1, -0.05) is 19.1 Å². The Balaban J connectivity index is 1.92. The first-order valence-electron chi connectivity index (χ1n) is 8.21. The van der Waals surface area contributed by atoms with Crippen LogP contribution in [0.25, 0.3) is 0 Å². The number of benzene rings is 1. The number of hydrogen-bond donors (Lipinski definition) is 1. The van der Waals surface area contributed by atoms with Crippen LogP contribution in [0.1, 0.15) is 46.1 Å². The Morgan fingerprint density at radius 3 is 2.86 bits per heavy atom. The van der Waals surface area contributed by atoms with Crippen LogP contribution in [0.2, 0.25) is 0 Å². The molecule has 1 aliphatic heterocycles. The molecule has 122 valence electrons. The van der Waals surface area contributed by atoms with Gasteiger partial charge in [-0.25, -0.2) is 4.79 Å². The summed E-state index contributed by atoms with van der Waals surface area (Å²) >= 11 is 0. The van der Waals surface area contributed by atoms with Gasteiger partial charge < -0.3 is 15.0 Å². The average molecular weight is 304 g/mol. The molecule has 0 aliphatic carbocycles. The Labute approximate surface area is 133 Å². The second kappa shape index (κ2) is 7.03. The molecule has 1 aliphatic rings. The maximum atomic E-state index is 12.3. The summed E-state index contributed by atoms with van der Waals surface area (Å²) in [6.45, 7) is 9.43. The molecule has 4 heteroatoms. The molecule has 22 heavy (non-hydrogen) atoms. The highest BCUT2D eigenvalue weighted by atomic mass is 16.6.